The molecule has 0 atom stereocenters. The number of fused-ring (bicyclic) bond motifs is 1. The first-order chi connectivity index (χ1) is 10.3. The minimum absolute atomic E-state index is 0.0173. The molecule has 0 aliphatic heterocycles. The fraction of sp³-hybridized carbons (Fsp3) is 0. The maximum absolute atomic E-state index is 14.6. The summed E-state index contributed by atoms with van der Waals surface area (Å²) in [4.78, 5) is 3.96. The summed E-state index contributed by atoms with van der Waals surface area (Å²) in [5.41, 5.74) is 1.52. The van der Waals surface area contributed by atoms with Crippen molar-refractivity contribution in [3.63, 3.8) is 0 Å². The van der Waals surface area contributed by atoms with Crippen molar-refractivity contribution in [1.29, 1.82) is 0 Å². The zero-order valence-corrected chi connectivity index (χ0v) is 14.6. The second kappa shape index (κ2) is 5.27. The Kier molecular flexibility index (Phi) is 3.40. The summed E-state index contributed by atoms with van der Waals surface area (Å²) in [6, 6.07) is 7.41. The van der Waals surface area contributed by atoms with Crippen LogP contribution in [0.4, 0.5) is 8.78 Å². The van der Waals surface area contributed by atoms with Crippen LogP contribution in [-0.4, -0.2) is 37.8 Å². The van der Waals surface area contributed by atoms with Gasteiger partial charge in [0.05, 0.1) is 0 Å². The molecule has 0 radical (unpaired) electrons. The molecule has 0 fully saturated rings. The van der Waals surface area contributed by atoms with E-state index in [1.54, 1.807) is 0 Å². The molecule has 4 aromatic rings. The van der Waals surface area contributed by atoms with E-state index in [4.69, 9.17) is 0 Å². The third-order valence-electron chi connectivity index (χ3n) is 3.13. The summed E-state index contributed by atoms with van der Waals surface area (Å²) in [6.07, 6.45) is 0. The van der Waals surface area contributed by atoms with E-state index < -0.39 is 11.6 Å². The topological polar surface area (TPSA) is 25.8 Å². The van der Waals surface area contributed by atoms with E-state index in [0.717, 1.165) is 20.6 Å². The average Bonchev–Trinajstić information content (AvgIpc) is 3.21. The Morgan fingerprint density at radius 3 is 1.67 bits per heavy atom. The molecule has 0 saturated heterocycles. The van der Waals surface area contributed by atoms with Gasteiger partial charge in [-0.3, -0.25) is 0 Å². The molecule has 4 rings (SSSR count). The molecule has 104 valence electrons. The molecule has 3 aromatic heterocycles. The number of halogens is 2. The fourth-order valence-corrected chi connectivity index (χ4v) is 6.01. The molecular weight excluding hydrogens is 424 g/mol. The summed E-state index contributed by atoms with van der Waals surface area (Å²) in [5.74, 6) is -1.60. The molecule has 0 aliphatic carbocycles. The van der Waals surface area contributed by atoms with Gasteiger partial charge in [-0.1, -0.05) is 0 Å². The van der Waals surface area contributed by atoms with Crippen LogP contribution >= 0.6 is 11.7 Å². The molecule has 7 heteroatoms. The van der Waals surface area contributed by atoms with Crippen molar-refractivity contribution in [3.05, 3.63) is 45.8 Å². The van der Waals surface area contributed by atoms with Crippen LogP contribution in [0.15, 0.2) is 34.1 Å². The second-order valence-electron chi connectivity index (χ2n) is 4.29. The molecule has 21 heavy (non-hydrogen) atoms. The second-order valence-corrected chi connectivity index (χ2v) is 8.80. The van der Waals surface area contributed by atoms with Crippen molar-refractivity contribution < 1.29 is 8.78 Å². The average molecular weight is 430 g/mol. The van der Waals surface area contributed by atoms with Gasteiger partial charge in [0, 0.05) is 0 Å². The number of nitrogens with zero attached hydrogens (tertiary/aromatic N) is 2. The Hall–Kier alpha value is -1.10. The summed E-state index contributed by atoms with van der Waals surface area (Å²) >= 11 is 1.04. The normalized spacial score (nSPS) is 11.3. The number of rotatable bonds is 2. The number of hydrogen-bond acceptors (Lipinski definition) is 3. The van der Waals surface area contributed by atoms with E-state index in [0.29, 0.717) is 11.0 Å². The zero-order chi connectivity index (χ0) is 14.4. The van der Waals surface area contributed by atoms with E-state index in [2.05, 4.69) is 8.75 Å². The van der Waals surface area contributed by atoms with E-state index in [9.17, 15) is 8.78 Å². The molecule has 2 nitrogen and oxygen atoms in total. The first kappa shape index (κ1) is 13.6. The molecule has 1 aromatic carbocycles. The van der Waals surface area contributed by atoms with Crippen LogP contribution in [0.1, 0.15) is 0 Å². The number of benzene rings is 1. The quantitative estimate of drug-likeness (QED) is 0.456. The van der Waals surface area contributed by atoms with Gasteiger partial charge in [0.2, 0.25) is 0 Å². The summed E-state index contributed by atoms with van der Waals surface area (Å²) in [5, 5.41) is 0. The van der Waals surface area contributed by atoms with Gasteiger partial charge in [0.25, 0.3) is 0 Å². The monoisotopic (exact) mass is 432 g/mol. The van der Waals surface area contributed by atoms with Crippen LogP contribution in [0.2, 0.25) is 0 Å². The summed E-state index contributed by atoms with van der Waals surface area (Å²) < 4.78 is 39.3. The Bertz CT molecular complexity index is 840. The summed E-state index contributed by atoms with van der Waals surface area (Å²) in [7, 11) is 0. The van der Waals surface area contributed by atoms with Gasteiger partial charge in [-0.2, -0.15) is 0 Å². The Morgan fingerprint density at radius 2 is 1.29 bits per heavy atom. The number of hydrogen-bond donors (Lipinski definition) is 0. The maximum atomic E-state index is 14.6. The Morgan fingerprint density at radius 1 is 0.810 bits per heavy atom. The molecule has 0 amide bonds. The molecule has 3 heterocycles. The van der Waals surface area contributed by atoms with Gasteiger partial charge in [-0.05, 0) is 0 Å². The molecule has 0 N–H and O–H groups in total. The Balaban J connectivity index is 2.14. The standard InChI is InChI=1S/C14H6F2N2SSe2/c15-11-9(7-3-1-5-20-7)13-14(18-19-17-13)10(12(11)16)8-4-2-6-21-8/h1-6H. The molecular formula is C14H6F2N2SSe2. The first-order valence-electron chi connectivity index (χ1n) is 5.98. The predicted octanol–water partition coefficient (Wildman–Crippen LogP) is 3.42. The fourth-order valence-electron chi connectivity index (χ4n) is 2.24. The van der Waals surface area contributed by atoms with Crippen LogP contribution in [0.5, 0.6) is 0 Å². The van der Waals surface area contributed by atoms with Crippen LogP contribution in [0.25, 0.3) is 31.0 Å². The molecule has 0 saturated carbocycles. The van der Waals surface area contributed by atoms with Crippen LogP contribution < -0.4 is 0 Å². The van der Waals surface area contributed by atoms with E-state index in [1.807, 2.05) is 34.1 Å². The van der Waals surface area contributed by atoms with Crippen LogP contribution in [0, 0.1) is 11.6 Å². The SMILES string of the molecule is Fc1c(F)c(-c2ccc[se]2)c2nsnc2c1-c1ccc[se]1. The summed E-state index contributed by atoms with van der Waals surface area (Å²) in [6.45, 7) is 0. The van der Waals surface area contributed by atoms with Crippen LogP contribution in [0.3, 0.4) is 0 Å². The van der Waals surface area contributed by atoms with E-state index in [-0.39, 0.29) is 40.1 Å². The van der Waals surface area contributed by atoms with Crippen molar-refractivity contribution >= 4 is 51.8 Å². The third-order valence-corrected chi connectivity index (χ3v) is 7.38. The van der Waals surface area contributed by atoms with Crippen LogP contribution in [-0.2, 0) is 0 Å². The molecule has 0 unspecified atom stereocenters. The van der Waals surface area contributed by atoms with Gasteiger partial charge in [-0.25, -0.2) is 0 Å². The molecule has 0 spiro atoms. The van der Waals surface area contributed by atoms with Gasteiger partial charge >= 0.3 is 135 Å². The molecule has 0 aliphatic rings. The van der Waals surface area contributed by atoms with E-state index in [1.165, 1.54) is 0 Å². The Labute approximate surface area is 134 Å². The number of aromatic nitrogens is 2. The van der Waals surface area contributed by atoms with Gasteiger partial charge < -0.3 is 0 Å². The van der Waals surface area contributed by atoms with Gasteiger partial charge in [0.1, 0.15) is 0 Å². The molecule has 0 bridgehead atoms. The van der Waals surface area contributed by atoms with E-state index >= 15 is 0 Å². The van der Waals surface area contributed by atoms with Crippen molar-refractivity contribution in [3.8, 4) is 20.0 Å². The minimum atomic E-state index is -0.800. The van der Waals surface area contributed by atoms with Crippen molar-refractivity contribution in [1.82, 2.24) is 8.75 Å². The van der Waals surface area contributed by atoms with Gasteiger partial charge in [0.15, 0.2) is 0 Å². The van der Waals surface area contributed by atoms with Crippen molar-refractivity contribution in [2.24, 2.45) is 0 Å². The van der Waals surface area contributed by atoms with Crippen molar-refractivity contribution in [2.75, 3.05) is 0 Å². The zero-order valence-electron chi connectivity index (χ0n) is 10.3. The predicted molar refractivity (Wildman–Crippen MR) is 82.1 cm³/mol. The first-order valence-corrected chi connectivity index (χ1v) is 10.4. The van der Waals surface area contributed by atoms with Crippen molar-refractivity contribution in [2.45, 2.75) is 0 Å². The van der Waals surface area contributed by atoms with Gasteiger partial charge in [-0.15, -0.1) is 0 Å². The third kappa shape index (κ3) is 2.08.